The van der Waals surface area contributed by atoms with Gasteiger partial charge >= 0.3 is 5.97 Å². The van der Waals surface area contributed by atoms with Crippen molar-refractivity contribution in [2.24, 2.45) is 0 Å². The van der Waals surface area contributed by atoms with Crippen molar-refractivity contribution < 1.29 is 9.90 Å². The molecule has 0 unspecified atom stereocenters. The number of carboxylic acids is 1. The van der Waals surface area contributed by atoms with Crippen LogP contribution in [0.5, 0.6) is 0 Å². The van der Waals surface area contributed by atoms with Crippen LogP contribution in [0, 0.1) is 0 Å². The van der Waals surface area contributed by atoms with Gasteiger partial charge in [0, 0.05) is 36.3 Å². The van der Waals surface area contributed by atoms with Gasteiger partial charge in [-0.3, -0.25) is 9.48 Å². The van der Waals surface area contributed by atoms with E-state index in [9.17, 15) is 4.79 Å². The summed E-state index contributed by atoms with van der Waals surface area (Å²) in [7, 11) is 2.05. The van der Waals surface area contributed by atoms with Gasteiger partial charge in [0.15, 0.2) is 0 Å². The summed E-state index contributed by atoms with van der Waals surface area (Å²) in [6.07, 6.45) is 0.802. The molecule has 0 fully saturated rings. The number of benzene rings is 1. The van der Waals surface area contributed by atoms with Crippen LogP contribution in [0.1, 0.15) is 11.3 Å². The molecule has 1 aromatic carbocycles. The maximum atomic E-state index is 11.0. The van der Waals surface area contributed by atoms with E-state index in [1.165, 1.54) is 0 Å². The third-order valence-electron chi connectivity index (χ3n) is 3.74. The minimum absolute atomic E-state index is 0.115. The molecular formula is C15H16ClN3O2. The Labute approximate surface area is 127 Å². The Kier molecular flexibility index (Phi) is 3.69. The maximum Gasteiger partial charge on any atom is 0.325 e. The molecule has 0 amide bonds. The molecule has 1 N–H and O–H groups in total. The molecule has 110 valence electrons. The highest BCUT2D eigenvalue weighted by Crippen LogP contribution is 2.33. The number of carbonyl (C=O) groups is 1. The van der Waals surface area contributed by atoms with Gasteiger partial charge in [0.1, 0.15) is 6.54 Å². The van der Waals surface area contributed by atoms with E-state index in [2.05, 4.69) is 10.00 Å². The lowest BCUT2D eigenvalue weighted by Gasteiger charge is -2.23. The second kappa shape index (κ2) is 5.50. The molecule has 1 aliphatic rings. The first-order valence-electron chi connectivity index (χ1n) is 6.80. The quantitative estimate of drug-likeness (QED) is 0.945. The number of hydrogen-bond acceptors (Lipinski definition) is 3. The zero-order chi connectivity index (χ0) is 15.0. The first-order chi connectivity index (χ1) is 10.1. The number of aliphatic carboxylic acids is 1. The number of hydrogen-bond donors (Lipinski definition) is 1. The Bertz CT molecular complexity index is 696. The number of nitrogens with zero attached hydrogens (tertiary/aromatic N) is 3. The van der Waals surface area contributed by atoms with Crippen molar-refractivity contribution in [3.63, 3.8) is 0 Å². The van der Waals surface area contributed by atoms with Crippen molar-refractivity contribution in [1.82, 2.24) is 14.7 Å². The average Bonchev–Trinajstić information content (AvgIpc) is 2.76. The molecule has 2 heterocycles. The molecule has 0 atom stereocenters. The van der Waals surface area contributed by atoms with Gasteiger partial charge in [-0.15, -0.1) is 0 Å². The first-order valence-corrected chi connectivity index (χ1v) is 7.18. The molecule has 1 aromatic heterocycles. The molecule has 2 aromatic rings. The van der Waals surface area contributed by atoms with Crippen LogP contribution < -0.4 is 0 Å². The summed E-state index contributed by atoms with van der Waals surface area (Å²) in [4.78, 5) is 13.2. The van der Waals surface area contributed by atoms with Gasteiger partial charge in [-0.2, -0.15) is 5.10 Å². The van der Waals surface area contributed by atoms with Gasteiger partial charge in [-0.1, -0.05) is 29.8 Å². The zero-order valence-electron chi connectivity index (χ0n) is 11.7. The number of likely N-dealkylation sites (N-methyl/N-ethyl adjacent to an activating group) is 1. The zero-order valence-corrected chi connectivity index (χ0v) is 12.5. The Morgan fingerprint density at radius 2 is 2.19 bits per heavy atom. The van der Waals surface area contributed by atoms with Crippen LogP contribution in [0.2, 0.25) is 5.02 Å². The minimum Gasteiger partial charge on any atom is -0.480 e. The van der Waals surface area contributed by atoms with Gasteiger partial charge in [-0.25, -0.2) is 0 Å². The third kappa shape index (κ3) is 2.66. The highest BCUT2D eigenvalue weighted by Gasteiger charge is 2.25. The van der Waals surface area contributed by atoms with Gasteiger partial charge in [0.05, 0.1) is 10.7 Å². The van der Waals surface area contributed by atoms with Crippen LogP contribution in [0.3, 0.4) is 0 Å². The number of aromatic nitrogens is 2. The van der Waals surface area contributed by atoms with Crippen molar-refractivity contribution in [3.8, 4) is 11.3 Å². The van der Waals surface area contributed by atoms with E-state index in [4.69, 9.17) is 16.7 Å². The van der Waals surface area contributed by atoms with E-state index < -0.39 is 5.97 Å². The second-order valence-corrected chi connectivity index (χ2v) is 5.70. The molecule has 0 saturated carbocycles. The summed E-state index contributed by atoms with van der Waals surface area (Å²) >= 11 is 6.27. The topological polar surface area (TPSA) is 58.4 Å². The summed E-state index contributed by atoms with van der Waals surface area (Å²) in [6, 6.07) is 7.53. The summed E-state index contributed by atoms with van der Waals surface area (Å²) in [5, 5.41) is 14.2. The molecule has 0 radical (unpaired) electrons. The molecule has 0 spiro atoms. The standard InChI is InChI=1S/C15H16ClN3O2/c1-18-7-6-13-11(8-18)15(17-19(13)9-14(20)21)10-4-2-3-5-12(10)16/h2-5H,6-9H2,1H3,(H,20,21). The molecule has 0 saturated heterocycles. The second-order valence-electron chi connectivity index (χ2n) is 5.29. The fraction of sp³-hybridized carbons (Fsp3) is 0.333. The van der Waals surface area contributed by atoms with Crippen LogP contribution in [-0.2, 0) is 24.3 Å². The molecule has 0 bridgehead atoms. The largest absolute Gasteiger partial charge is 0.480 e. The van der Waals surface area contributed by atoms with Crippen molar-refractivity contribution in [2.75, 3.05) is 13.6 Å². The molecule has 0 aliphatic carbocycles. The minimum atomic E-state index is -0.884. The molecule has 5 nitrogen and oxygen atoms in total. The monoisotopic (exact) mass is 305 g/mol. The maximum absolute atomic E-state index is 11.0. The van der Waals surface area contributed by atoms with Crippen LogP contribution in [0.25, 0.3) is 11.3 Å². The van der Waals surface area contributed by atoms with Gasteiger partial charge in [0.2, 0.25) is 0 Å². The number of rotatable bonds is 3. The van der Waals surface area contributed by atoms with Crippen molar-refractivity contribution in [1.29, 1.82) is 0 Å². The SMILES string of the molecule is CN1CCc2c(c(-c3ccccc3Cl)nn2CC(=O)O)C1. The van der Waals surface area contributed by atoms with E-state index in [1.54, 1.807) is 4.68 Å². The van der Waals surface area contributed by atoms with E-state index in [0.29, 0.717) is 5.02 Å². The number of halogens is 1. The summed E-state index contributed by atoms with van der Waals surface area (Å²) in [6.45, 7) is 1.55. The lowest BCUT2D eigenvalue weighted by atomic mass is 10.0. The van der Waals surface area contributed by atoms with Gasteiger partial charge in [-0.05, 0) is 13.1 Å². The summed E-state index contributed by atoms with van der Waals surface area (Å²) < 4.78 is 1.60. The molecule has 1 aliphatic heterocycles. The van der Waals surface area contributed by atoms with Crippen LogP contribution in [-0.4, -0.2) is 39.3 Å². The predicted molar refractivity (Wildman–Crippen MR) is 80.3 cm³/mol. The molecule has 21 heavy (non-hydrogen) atoms. The lowest BCUT2D eigenvalue weighted by molar-refractivity contribution is -0.137. The molecule has 3 rings (SSSR count). The summed E-state index contributed by atoms with van der Waals surface area (Å²) in [5.74, 6) is -0.884. The van der Waals surface area contributed by atoms with Crippen LogP contribution in [0.15, 0.2) is 24.3 Å². The Balaban J connectivity index is 2.14. The van der Waals surface area contributed by atoms with E-state index in [-0.39, 0.29) is 6.54 Å². The number of fused-ring (bicyclic) bond motifs is 1. The first kappa shape index (κ1) is 14.1. The highest BCUT2D eigenvalue weighted by atomic mass is 35.5. The molecular weight excluding hydrogens is 290 g/mol. The fourth-order valence-electron chi connectivity index (χ4n) is 2.75. The molecule has 6 heteroatoms. The smallest absolute Gasteiger partial charge is 0.325 e. The lowest BCUT2D eigenvalue weighted by Crippen LogP contribution is -2.28. The average molecular weight is 306 g/mol. The van der Waals surface area contributed by atoms with Crippen molar-refractivity contribution in [3.05, 3.63) is 40.5 Å². The Morgan fingerprint density at radius 1 is 1.43 bits per heavy atom. The van der Waals surface area contributed by atoms with Crippen molar-refractivity contribution >= 4 is 17.6 Å². The van der Waals surface area contributed by atoms with Crippen molar-refractivity contribution in [2.45, 2.75) is 19.5 Å². The third-order valence-corrected chi connectivity index (χ3v) is 4.07. The number of carboxylic acid groups (broad SMARTS) is 1. The van der Waals surface area contributed by atoms with Gasteiger partial charge in [0.25, 0.3) is 0 Å². The van der Waals surface area contributed by atoms with Gasteiger partial charge < -0.3 is 10.0 Å². The normalized spacial score (nSPS) is 15.0. The van der Waals surface area contributed by atoms with E-state index in [1.807, 2.05) is 31.3 Å². The fourth-order valence-corrected chi connectivity index (χ4v) is 2.98. The summed E-state index contributed by atoms with van der Waals surface area (Å²) in [5.41, 5.74) is 3.74. The predicted octanol–water partition coefficient (Wildman–Crippen LogP) is 2.28. The van der Waals surface area contributed by atoms with Crippen LogP contribution in [0.4, 0.5) is 0 Å². The Hall–Kier alpha value is -1.85. The van der Waals surface area contributed by atoms with E-state index in [0.717, 1.165) is 42.0 Å². The highest BCUT2D eigenvalue weighted by molar-refractivity contribution is 6.33. The Morgan fingerprint density at radius 3 is 2.90 bits per heavy atom. The van der Waals surface area contributed by atoms with E-state index >= 15 is 0 Å². The van der Waals surface area contributed by atoms with Crippen LogP contribution >= 0.6 is 11.6 Å².